The Kier molecular flexibility index (Phi) is 3.87. The van der Waals surface area contributed by atoms with Crippen LogP contribution in [-0.2, 0) is 6.54 Å². The molecule has 4 rings (SSSR count). The van der Waals surface area contributed by atoms with E-state index in [9.17, 15) is 4.79 Å². The van der Waals surface area contributed by atoms with Crippen LogP contribution in [0.25, 0.3) is 10.9 Å². The van der Waals surface area contributed by atoms with Gasteiger partial charge in [-0.25, -0.2) is 4.98 Å². The minimum absolute atomic E-state index is 0.0442. The van der Waals surface area contributed by atoms with E-state index in [4.69, 9.17) is 16.6 Å². The molecule has 4 nitrogen and oxygen atoms in total. The van der Waals surface area contributed by atoms with Gasteiger partial charge in [-0.3, -0.25) is 9.36 Å². The van der Waals surface area contributed by atoms with Crippen molar-refractivity contribution in [2.24, 2.45) is 0 Å². The van der Waals surface area contributed by atoms with Gasteiger partial charge in [0.2, 0.25) is 0 Å². The van der Waals surface area contributed by atoms with Crippen molar-refractivity contribution in [3.8, 4) is 0 Å². The van der Waals surface area contributed by atoms with Gasteiger partial charge >= 0.3 is 0 Å². The number of nitrogens with one attached hydrogen (secondary N) is 1. The highest BCUT2D eigenvalue weighted by molar-refractivity contribution is 6.35. The molecule has 0 fully saturated rings. The highest BCUT2D eigenvalue weighted by Gasteiger charge is 2.28. The minimum atomic E-state index is -0.0442. The Hall–Kier alpha value is -2.17. The molecule has 24 heavy (non-hydrogen) atoms. The molecular formula is C19H18ClN3O. The van der Waals surface area contributed by atoms with Crippen LogP contribution in [0.3, 0.4) is 0 Å². The Bertz CT molecular complexity index is 952. The van der Waals surface area contributed by atoms with E-state index in [1.165, 1.54) is 5.56 Å². The molecule has 1 aliphatic heterocycles. The molecule has 122 valence electrons. The van der Waals surface area contributed by atoms with Crippen LogP contribution in [0.15, 0.2) is 53.3 Å². The highest BCUT2D eigenvalue weighted by Crippen LogP contribution is 2.28. The normalized spacial score (nSPS) is 17.8. The molecule has 5 heteroatoms. The molecule has 1 N–H and O–H groups in total. The van der Waals surface area contributed by atoms with E-state index in [1.54, 1.807) is 10.6 Å². The summed E-state index contributed by atoms with van der Waals surface area (Å²) >= 11 is 6.20. The van der Waals surface area contributed by atoms with Crippen molar-refractivity contribution in [1.29, 1.82) is 0 Å². The summed E-state index contributed by atoms with van der Waals surface area (Å²) in [4.78, 5) is 17.5. The zero-order valence-electron chi connectivity index (χ0n) is 13.4. The van der Waals surface area contributed by atoms with Crippen molar-refractivity contribution < 1.29 is 0 Å². The number of aromatic nitrogens is 2. The van der Waals surface area contributed by atoms with Gasteiger partial charge in [0.25, 0.3) is 5.56 Å². The quantitative estimate of drug-likeness (QED) is 0.788. The Balaban J connectivity index is 1.72. The van der Waals surface area contributed by atoms with Crippen molar-refractivity contribution in [3.63, 3.8) is 0 Å². The van der Waals surface area contributed by atoms with Crippen LogP contribution in [0, 0.1) is 0 Å². The van der Waals surface area contributed by atoms with Crippen LogP contribution < -0.4 is 10.9 Å². The van der Waals surface area contributed by atoms with Crippen LogP contribution >= 0.6 is 11.6 Å². The van der Waals surface area contributed by atoms with E-state index in [1.807, 2.05) is 30.3 Å². The lowest BCUT2D eigenvalue weighted by molar-refractivity contribution is 0.459. The third-order valence-electron chi connectivity index (χ3n) is 4.67. The van der Waals surface area contributed by atoms with Gasteiger partial charge < -0.3 is 5.32 Å². The van der Waals surface area contributed by atoms with Crippen LogP contribution in [-0.4, -0.2) is 9.55 Å². The molecule has 0 spiro atoms. The molecule has 0 saturated carbocycles. The molecule has 2 aromatic carbocycles. The molecule has 0 unspecified atom stereocenters. The maximum Gasteiger partial charge on any atom is 0.262 e. The third-order valence-corrected chi connectivity index (χ3v) is 4.98. The van der Waals surface area contributed by atoms with Gasteiger partial charge in [-0.15, -0.1) is 0 Å². The molecule has 2 heterocycles. The van der Waals surface area contributed by atoms with Gasteiger partial charge in [-0.2, -0.15) is 0 Å². The summed E-state index contributed by atoms with van der Waals surface area (Å²) in [7, 11) is 0. The predicted octanol–water partition coefficient (Wildman–Crippen LogP) is 3.85. The van der Waals surface area contributed by atoms with Gasteiger partial charge in [0, 0.05) is 12.6 Å². The zero-order chi connectivity index (χ0) is 16.7. The first-order valence-electron chi connectivity index (χ1n) is 8.15. The summed E-state index contributed by atoms with van der Waals surface area (Å²) in [6, 6.07) is 16.0. The molecule has 0 saturated heterocycles. The Morgan fingerprint density at radius 1 is 1.21 bits per heavy atom. The van der Waals surface area contributed by atoms with E-state index in [-0.39, 0.29) is 17.6 Å². The zero-order valence-corrected chi connectivity index (χ0v) is 14.1. The average molecular weight is 340 g/mol. The lowest BCUT2D eigenvalue weighted by atomic mass is 10.1. The second kappa shape index (κ2) is 6.04. The molecule has 3 aromatic rings. The molecular weight excluding hydrogens is 322 g/mol. The fraction of sp³-hybridized carbons (Fsp3) is 0.263. The van der Waals surface area contributed by atoms with E-state index in [2.05, 4.69) is 24.4 Å². The van der Waals surface area contributed by atoms with Gasteiger partial charge in [-0.1, -0.05) is 48.0 Å². The Morgan fingerprint density at radius 2 is 2.00 bits per heavy atom. The van der Waals surface area contributed by atoms with E-state index in [0.717, 1.165) is 12.2 Å². The number of hydrogen-bond donors (Lipinski definition) is 1. The lowest BCUT2D eigenvalue weighted by Gasteiger charge is -2.19. The summed E-state index contributed by atoms with van der Waals surface area (Å²) in [5.74, 6) is 0.803. The molecule has 0 aliphatic carbocycles. The van der Waals surface area contributed by atoms with E-state index in [0.29, 0.717) is 22.5 Å². The highest BCUT2D eigenvalue weighted by atomic mass is 35.5. The second-order valence-corrected chi connectivity index (χ2v) is 6.61. The standard InChI is InChI=1S/C19H18ClN3O/c1-12(13-6-3-2-4-7-13)21-16-10-11-23-18(16)22-15-9-5-8-14(20)17(15)19(23)24/h2-9,12,16,21H,10-11H2,1H3/t12-,16-/m0/s1. The largest absolute Gasteiger partial charge is 0.301 e. The summed E-state index contributed by atoms with van der Waals surface area (Å²) in [5.41, 5.74) is 1.85. The van der Waals surface area contributed by atoms with Crippen LogP contribution in [0.2, 0.25) is 5.02 Å². The van der Waals surface area contributed by atoms with Crippen LogP contribution in [0.5, 0.6) is 0 Å². The summed E-state index contributed by atoms with van der Waals surface area (Å²) < 4.78 is 1.75. The Labute approximate surface area is 145 Å². The molecule has 1 aromatic heterocycles. The second-order valence-electron chi connectivity index (χ2n) is 6.20. The Morgan fingerprint density at radius 3 is 2.79 bits per heavy atom. The molecule has 2 atom stereocenters. The van der Waals surface area contributed by atoms with Crippen molar-refractivity contribution >= 4 is 22.5 Å². The monoisotopic (exact) mass is 339 g/mol. The third kappa shape index (κ3) is 2.52. The number of rotatable bonds is 3. The summed E-state index contributed by atoms with van der Waals surface area (Å²) in [6.07, 6.45) is 0.855. The van der Waals surface area contributed by atoms with Gasteiger partial charge in [-0.05, 0) is 31.0 Å². The summed E-state index contributed by atoms with van der Waals surface area (Å²) in [6.45, 7) is 2.80. The first-order valence-corrected chi connectivity index (χ1v) is 8.53. The summed E-state index contributed by atoms with van der Waals surface area (Å²) in [5, 5.41) is 4.58. The maximum absolute atomic E-state index is 12.8. The first kappa shape index (κ1) is 15.4. The van der Waals surface area contributed by atoms with Crippen molar-refractivity contribution in [3.05, 3.63) is 75.3 Å². The number of hydrogen-bond acceptors (Lipinski definition) is 3. The van der Waals surface area contributed by atoms with Gasteiger partial charge in [0.15, 0.2) is 0 Å². The number of nitrogens with zero attached hydrogens (tertiary/aromatic N) is 2. The van der Waals surface area contributed by atoms with Crippen LogP contribution in [0.1, 0.15) is 36.8 Å². The molecule has 0 bridgehead atoms. The fourth-order valence-electron chi connectivity index (χ4n) is 3.41. The van der Waals surface area contributed by atoms with Crippen molar-refractivity contribution in [1.82, 2.24) is 14.9 Å². The molecule has 0 amide bonds. The molecule has 0 radical (unpaired) electrons. The average Bonchev–Trinajstić information content (AvgIpc) is 2.99. The van der Waals surface area contributed by atoms with Gasteiger partial charge in [0.05, 0.1) is 22.0 Å². The topological polar surface area (TPSA) is 46.9 Å². The SMILES string of the molecule is C[C@H](N[C@H]1CCn2c1nc1cccc(Cl)c1c2=O)c1ccccc1. The van der Waals surface area contributed by atoms with E-state index >= 15 is 0 Å². The van der Waals surface area contributed by atoms with Crippen molar-refractivity contribution in [2.75, 3.05) is 0 Å². The number of benzene rings is 2. The maximum atomic E-state index is 12.8. The minimum Gasteiger partial charge on any atom is -0.301 e. The first-order chi connectivity index (χ1) is 11.6. The number of fused-ring (bicyclic) bond motifs is 2. The number of halogens is 1. The van der Waals surface area contributed by atoms with E-state index < -0.39 is 0 Å². The lowest BCUT2D eigenvalue weighted by Crippen LogP contribution is -2.27. The fourth-order valence-corrected chi connectivity index (χ4v) is 3.66. The van der Waals surface area contributed by atoms with Crippen molar-refractivity contribution in [2.45, 2.75) is 32.0 Å². The van der Waals surface area contributed by atoms with Crippen LogP contribution in [0.4, 0.5) is 0 Å². The predicted molar refractivity (Wildman–Crippen MR) is 96.4 cm³/mol. The smallest absolute Gasteiger partial charge is 0.262 e. The van der Waals surface area contributed by atoms with Gasteiger partial charge in [0.1, 0.15) is 5.82 Å². The molecule has 1 aliphatic rings.